The second-order valence-electron chi connectivity index (χ2n) is 2.84. The summed E-state index contributed by atoms with van der Waals surface area (Å²) in [7, 11) is -8.43. The van der Waals surface area contributed by atoms with Gasteiger partial charge in [0.15, 0.2) is 0 Å². The van der Waals surface area contributed by atoms with Crippen molar-refractivity contribution in [3.05, 3.63) is 0 Å². The van der Waals surface area contributed by atoms with E-state index in [0.717, 1.165) is 0 Å². The van der Waals surface area contributed by atoms with Gasteiger partial charge in [0, 0.05) is 24.7 Å². The second-order valence-corrected chi connectivity index (χ2v) is 5.89. The first kappa shape index (κ1) is 25.0. The van der Waals surface area contributed by atoms with Gasteiger partial charge in [-0.05, 0) is 12.8 Å². The molecule has 0 aliphatic heterocycles. The molecule has 0 N–H and O–H groups in total. The summed E-state index contributed by atoms with van der Waals surface area (Å²) in [6.07, 6.45) is 0.131. The van der Waals surface area contributed by atoms with Gasteiger partial charge in [0.05, 0.1) is 20.2 Å². The minimum absolute atomic E-state index is 0. The van der Waals surface area contributed by atoms with Crippen molar-refractivity contribution < 1.29 is 133 Å². The normalized spacial score (nSPS) is 11.4. The molecule has 0 aromatic carbocycles. The van der Waals surface area contributed by atoms with Gasteiger partial charge in [-0.3, -0.25) is 0 Å². The minimum Gasteiger partial charge on any atom is -0.748 e. The number of rotatable bonds is 8. The van der Waals surface area contributed by atoms with Crippen LogP contribution in [0, 0.1) is 0 Å². The topological polar surface area (TPSA) is 124 Å². The summed E-state index contributed by atoms with van der Waals surface area (Å²) in [5, 5.41) is 0. The molecule has 0 aromatic heterocycles. The summed E-state index contributed by atoms with van der Waals surface area (Å²) in [5.74, 6) is -1.01. The summed E-state index contributed by atoms with van der Waals surface area (Å²) in [5.41, 5.74) is 0. The summed E-state index contributed by atoms with van der Waals surface area (Å²) < 4.78 is 65.5. The van der Waals surface area contributed by atoms with Crippen molar-refractivity contribution in [2.45, 2.75) is 12.8 Å². The molecular weight excluding hydrogens is 326 g/mol. The van der Waals surface area contributed by atoms with Crippen molar-refractivity contribution >= 4 is 20.2 Å². The molecule has 92 valence electrons. The smallest absolute Gasteiger partial charge is 0.748 e. The Labute approximate surface area is 187 Å². The molecule has 11 heteroatoms. The Balaban J connectivity index is -0.000000980. The molecule has 0 bridgehead atoms. The van der Waals surface area contributed by atoms with Gasteiger partial charge in [0.2, 0.25) is 0 Å². The van der Waals surface area contributed by atoms with Crippen LogP contribution in [-0.2, 0) is 25.0 Å². The predicted octanol–water partition coefficient (Wildman–Crippen LogP) is -7.12. The van der Waals surface area contributed by atoms with Crippen molar-refractivity contribution in [2.75, 3.05) is 24.7 Å². The van der Waals surface area contributed by atoms with E-state index in [1.165, 1.54) is 0 Å². The largest absolute Gasteiger partial charge is 1.00 e. The zero-order chi connectivity index (χ0) is 11.9. The minimum atomic E-state index is -4.22. The van der Waals surface area contributed by atoms with Gasteiger partial charge in [0.1, 0.15) is 0 Å². The van der Waals surface area contributed by atoms with E-state index in [4.69, 9.17) is 4.74 Å². The molecule has 7 nitrogen and oxygen atoms in total. The average molecular weight is 338 g/mol. The van der Waals surface area contributed by atoms with E-state index < -0.39 is 31.7 Å². The molecule has 0 aromatic rings. The number of ether oxygens (including phenoxy) is 1. The quantitative estimate of drug-likeness (QED) is 0.245. The molecule has 0 radical (unpaired) electrons. The molecule has 0 aliphatic carbocycles. The van der Waals surface area contributed by atoms with E-state index >= 15 is 0 Å². The molecule has 0 saturated heterocycles. The first-order chi connectivity index (χ1) is 6.71. The van der Waals surface area contributed by atoms with E-state index in [-0.39, 0.29) is 129 Å². The Morgan fingerprint density at radius 3 is 1.29 bits per heavy atom. The molecule has 0 amide bonds. The molecule has 0 atom stereocenters. The van der Waals surface area contributed by atoms with Gasteiger partial charge in [-0.15, -0.1) is 0 Å². The fourth-order valence-corrected chi connectivity index (χ4v) is 1.72. The van der Waals surface area contributed by atoms with E-state index in [1.807, 2.05) is 0 Å². The van der Waals surface area contributed by atoms with Gasteiger partial charge >= 0.3 is 103 Å². The molecule has 0 rings (SSSR count). The van der Waals surface area contributed by atoms with Crippen LogP contribution in [0.5, 0.6) is 0 Å². The predicted molar refractivity (Wildman–Crippen MR) is 49.2 cm³/mol. The Morgan fingerprint density at radius 1 is 0.765 bits per heavy atom. The van der Waals surface area contributed by atoms with Crippen molar-refractivity contribution in [1.82, 2.24) is 0 Å². The zero-order valence-electron chi connectivity index (χ0n) is 9.92. The molecule has 17 heavy (non-hydrogen) atoms. The number of hydrogen-bond donors (Lipinski definition) is 0. The third kappa shape index (κ3) is 24.5. The van der Waals surface area contributed by atoms with E-state index in [2.05, 4.69) is 0 Å². The van der Waals surface area contributed by atoms with Crippen LogP contribution in [0.1, 0.15) is 12.8 Å². The fourth-order valence-electron chi connectivity index (χ4n) is 0.778. The third-order valence-electron chi connectivity index (χ3n) is 1.37. The molecule has 0 aliphatic rings. The van der Waals surface area contributed by atoms with Crippen LogP contribution in [0.25, 0.3) is 0 Å². The van der Waals surface area contributed by atoms with Crippen LogP contribution in [0.4, 0.5) is 0 Å². The van der Waals surface area contributed by atoms with Crippen LogP contribution >= 0.6 is 0 Å². The van der Waals surface area contributed by atoms with Crippen molar-refractivity contribution in [1.29, 1.82) is 0 Å². The maximum absolute atomic E-state index is 10.1. The molecule has 0 unspecified atom stereocenters. The van der Waals surface area contributed by atoms with Crippen molar-refractivity contribution in [3.8, 4) is 0 Å². The maximum atomic E-state index is 10.1. The number of hydrogen-bond acceptors (Lipinski definition) is 7. The Kier molecular flexibility index (Phi) is 18.8. The second kappa shape index (κ2) is 12.8. The third-order valence-corrected chi connectivity index (χ3v) is 2.94. The molecule has 0 heterocycles. The first-order valence-corrected chi connectivity index (χ1v) is 7.31. The molecule has 0 spiro atoms. The molecule has 0 fully saturated rings. The summed E-state index contributed by atoms with van der Waals surface area (Å²) in [6.45, 7) is 0.112. The van der Waals surface area contributed by atoms with Crippen LogP contribution < -0.4 is 103 Å². The zero-order valence-corrected chi connectivity index (χ0v) is 17.8. The average Bonchev–Trinajstić information content (AvgIpc) is 1.98. The summed E-state index contributed by atoms with van der Waals surface area (Å²) in [6, 6.07) is 0. The first-order valence-electron chi connectivity index (χ1n) is 4.15. The van der Waals surface area contributed by atoms with Gasteiger partial charge in [-0.25, -0.2) is 16.8 Å². The van der Waals surface area contributed by atoms with Gasteiger partial charge in [-0.2, -0.15) is 0 Å². The van der Waals surface area contributed by atoms with Crippen LogP contribution in [0.15, 0.2) is 0 Å². The summed E-state index contributed by atoms with van der Waals surface area (Å²) >= 11 is 0. The SMILES string of the molecule is O=S(=O)([O-])CCCOCCCS(=O)(=O)[O-].[K+].[K+]. The van der Waals surface area contributed by atoms with Crippen LogP contribution in [0.3, 0.4) is 0 Å². The molecular formula is C6H12K2O7S2. The Morgan fingerprint density at radius 2 is 1.06 bits per heavy atom. The van der Waals surface area contributed by atoms with Crippen molar-refractivity contribution in [3.63, 3.8) is 0 Å². The maximum Gasteiger partial charge on any atom is 1.00 e. The monoisotopic (exact) mass is 338 g/mol. The van der Waals surface area contributed by atoms with Gasteiger partial charge in [0.25, 0.3) is 0 Å². The summed E-state index contributed by atoms with van der Waals surface area (Å²) in [4.78, 5) is 0. The Hall–Kier alpha value is 3.05. The van der Waals surface area contributed by atoms with Gasteiger partial charge < -0.3 is 13.8 Å². The Bertz CT molecular complexity index is 328. The van der Waals surface area contributed by atoms with Crippen molar-refractivity contribution in [2.24, 2.45) is 0 Å². The van der Waals surface area contributed by atoms with Crippen LogP contribution in [-0.4, -0.2) is 50.7 Å². The van der Waals surface area contributed by atoms with E-state index in [9.17, 15) is 25.9 Å². The molecule has 0 saturated carbocycles. The standard InChI is InChI=1S/C6H14O7S2.2K/c7-14(8,9)5-1-3-13-4-2-6-15(10,11)12;;/h1-6H2,(H,7,8,9)(H,10,11,12);;/q;2*+1/p-2. The fraction of sp³-hybridized carbons (Fsp3) is 1.00. The van der Waals surface area contributed by atoms with E-state index in [0.29, 0.717) is 0 Å². The van der Waals surface area contributed by atoms with Gasteiger partial charge in [-0.1, -0.05) is 0 Å². The van der Waals surface area contributed by atoms with E-state index in [1.54, 1.807) is 0 Å². The van der Waals surface area contributed by atoms with Crippen LogP contribution in [0.2, 0.25) is 0 Å².